The predicted octanol–water partition coefficient (Wildman–Crippen LogP) is 4.88. The molecular formula is C20H20O2. The number of allylic oxidation sites excluding steroid dienone is 2. The van der Waals surface area contributed by atoms with Gasteiger partial charge in [-0.2, -0.15) is 0 Å². The smallest absolute Gasteiger partial charge is 0.189 e. The molecule has 0 aromatic heterocycles. The van der Waals surface area contributed by atoms with Gasteiger partial charge in [-0.25, -0.2) is 0 Å². The van der Waals surface area contributed by atoms with Gasteiger partial charge >= 0.3 is 0 Å². The minimum atomic E-state index is -0.197. The summed E-state index contributed by atoms with van der Waals surface area (Å²) < 4.78 is 0. The molecule has 0 bridgehead atoms. The highest BCUT2D eigenvalue weighted by atomic mass is 16.3. The molecule has 0 saturated heterocycles. The minimum Gasteiger partial charge on any atom is -0.507 e. The van der Waals surface area contributed by atoms with E-state index in [9.17, 15) is 9.90 Å². The van der Waals surface area contributed by atoms with Crippen molar-refractivity contribution < 1.29 is 9.90 Å². The molecule has 0 aliphatic heterocycles. The number of carbonyl (C=O) groups excluding carboxylic acids is 1. The van der Waals surface area contributed by atoms with E-state index < -0.39 is 0 Å². The van der Waals surface area contributed by atoms with Gasteiger partial charge in [-0.3, -0.25) is 4.79 Å². The zero-order valence-corrected chi connectivity index (χ0v) is 13.0. The monoisotopic (exact) mass is 292 g/mol. The van der Waals surface area contributed by atoms with Crippen LogP contribution in [0.4, 0.5) is 0 Å². The van der Waals surface area contributed by atoms with Crippen molar-refractivity contribution in [2.45, 2.75) is 20.3 Å². The standard InChI is InChI=1S/C20H20O2/c1-4-15-7-11-19(21)18(13-15)20(22)12-8-16-5-9-17(10-6-16)14(2)3/h5-13,21H,2,4H2,1,3H3. The second-order valence-corrected chi connectivity index (χ2v) is 5.30. The molecule has 112 valence electrons. The van der Waals surface area contributed by atoms with E-state index in [1.165, 1.54) is 6.08 Å². The molecule has 0 heterocycles. The van der Waals surface area contributed by atoms with Crippen LogP contribution in [0.25, 0.3) is 11.6 Å². The molecule has 0 unspecified atom stereocenters. The van der Waals surface area contributed by atoms with E-state index in [1.54, 1.807) is 18.2 Å². The Kier molecular flexibility index (Phi) is 4.95. The highest BCUT2D eigenvalue weighted by molar-refractivity contribution is 6.08. The molecule has 0 saturated carbocycles. The number of benzene rings is 2. The topological polar surface area (TPSA) is 37.3 Å². The van der Waals surface area contributed by atoms with Gasteiger partial charge in [0.15, 0.2) is 5.78 Å². The average Bonchev–Trinajstić information content (AvgIpc) is 2.53. The number of phenolic OH excluding ortho intramolecular Hbond substituents is 1. The molecule has 2 rings (SSSR count). The molecule has 2 aromatic carbocycles. The van der Waals surface area contributed by atoms with Crippen LogP contribution in [0.15, 0.2) is 55.1 Å². The van der Waals surface area contributed by atoms with E-state index in [1.807, 2.05) is 44.2 Å². The first-order valence-electron chi connectivity index (χ1n) is 7.31. The molecule has 22 heavy (non-hydrogen) atoms. The summed E-state index contributed by atoms with van der Waals surface area (Å²) in [5.74, 6) is -0.179. The average molecular weight is 292 g/mol. The zero-order valence-electron chi connectivity index (χ0n) is 13.0. The fraction of sp³-hybridized carbons (Fsp3) is 0.150. The van der Waals surface area contributed by atoms with Gasteiger partial charge < -0.3 is 5.11 Å². The van der Waals surface area contributed by atoms with Crippen LogP contribution in [0.2, 0.25) is 0 Å². The van der Waals surface area contributed by atoms with E-state index in [0.717, 1.165) is 28.7 Å². The Morgan fingerprint density at radius 1 is 1.18 bits per heavy atom. The maximum Gasteiger partial charge on any atom is 0.189 e. The molecule has 0 atom stereocenters. The Morgan fingerprint density at radius 3 is 2.45 bits per heavy atom. The lowest BCUT2D eigenvalue weighted by Gasteiger charge is -2.04. The first-order chi connectivity index (χ1) is 10.5. The third-order valence-corrected chi connectivity index (χ3v) is 3.57. The van der Waals surface area contributed by atoms with Crippen molar-refractivity contribution in [2.24, 2.45) is 0 Å². The molecule has 1 N–H and O–H groups in total. The highest BCUT2D eigenvalue weighted by Crippen LogP contribution is 2.20. The molecule has 2 aromatic rings. The van der Waals surface area contributed by atoms with Crippen LogP contribution in [0.1, 0.15) is 40.9 Å². The van der Waals surface area contributed by atoms with Crippen LogP contribution in [0.3, 0.4) is 0 Å². The number of aryl methyl sites for hydroxylation is 1. The minimum absolute atomic E-state index is 0.0180. The summed E-state index contributed by atoms with van der Waals surface area (Å²) in [4.78, 5) is 12.2. The maximum atomic E-state index is 12.2. The van der Waals surface area contributed by atoms with Gasteiger partial charge in [0.2, 0.25) is 0 Å². The van der Waals surface area contributed by atoms with Crippen molar-refractivity contribution in [3.8, 4) is 5.75 Å². The summed E-state index contributed by atoms with van der Waals surface area (Å²) in [5, 5.41) is 9.83. The summed E-state index contributed by atoms with van der Waals surface area (Å²) >= 11 is 0. The van der Waals surface area contributed by atoms with Crippen LogP contribution >= 0.6 is 0 Å². The quantitative estimate of drug-likeness (QED) is 0.629. The summed E-state index contributed by atoms with van der Waals surface area (Å²) in [6, 6.07) is 13.0. The molecule has 2 heteroatoms. The zero-order chi connectivity index (χ0) is 16.1. The Bertz CT molecular complexity index is 722. The third-order valence-electron chi connectivity index (χ3n) is 3.57. The van der Waals surface area contributed by atoms with Crippen molar-refractivity contribution in [1.82, 2.24) is 0 Å². The molecule has 0 aliphatic carbocycles. The van der Waals surface area contributed by atoms with E-state index >= 15 is 0 Å². The summed E-state index contributed by atoms with van der Waals surface area (Å²) in [5.41, 5.74) is 4.39. The summed E-state index contributed by atoms with van der Waals surface area (Å²) in [6.45, 7) is 7.86. The highest BCUT2D eigenvalue weighted by Gasteiger charge is 2.08. The van der Waals surface area contributed by atoms with Gasteiger partial charge in [-0.05, 0) is 48.2 Å². The van der Waals surface area contributed by atoms with Gasteiger partial charge in [0.05, 0.1) is 5.56 Å². The van der Waals surface area contributed by atoms with E-state index in [-0.39, 0.29) is 11.5 Å². The van der Waals surface area contributed by atoms with Crippen LogP contribution in [0, 0.1) is 0 Å². The van der Waals surface area contributed by atoms with Gasteiger partial charge in [0.1, 0.15) is 5.75 Å². The van der Waals surface area contributed by atoms with Crippen LogP contribution in [-0.2, 0) is 6.42 Å². The third kappa shape index (κ3) is 3.73. The first-order valence-corrected chi connectivity index (χ1v) is 7.31. The van der Waals surface area contributed by atoms with Gasteiger partial charge in [-0.1, -0.05) is 55.5 Å². The molecule has 0 fully saturated rings. The number of aromatic hydroxyl groups is 1. The Labute approximate surface area is 131 Å². The van der Waals surface area contributed by atoms with Crippen molar-refractivity contribution >= 4 is 17.4 Å². The van der Waals surface area contributed by atoms with Crippen LogP contribution in [0.5, 0.6) is 5.75 Å². The van der Waals surface area contributed by atoms with Gasteiger partial charge in [0.25, 0.3) is 0 Å². The van der Waals surface area contributed by atoms with Gasteiger partial charge in [0, 0.05) is 0 Å². The number of hydrogen-bond donors (Lipinski definition) is 1. The number of carbonyl (C=O) groups is 1. The Balaban J connectivity index is 2.19. The summed E-state index contributed by atoms with van der Waals surface area (Å²) in [6.07, 6.45) is 4.07. The fourth-order valence-electron chi connectivity index (χ4n) is 2.14. The number of hydrogen-bond acceptors (Lipinski definition) is 2. The van der Waals surface area contributed by atoms with Crippen LogP contribution < -0.4 is 0 Å². The van der Waals surface area contributed by atoms with Crippen molar-refractivity contribution in [2.75, 3.05) is 0 Å². The predicted molar refractivity (Wildman–Crippen MR) is 92.0 cm³/mol. The fourth-order valence-corrected chi connectivity index (χ4v) is 2.14. The maximum absolute atomic E-state index is 12.2. The van der Waals surface area contributed by atoms with Crippen molar-refractivity contribution in [3.05, 3.63) is 77.4 Å². The molecule has 0 spiro atoms. The lowest BCUT2D eigenvalue weighted by atomic mass is 10.0. The largest absolute Gasteiger partial charge is 0.507 e. The molecular weight excluding hydrogens is 272 g/mol. The number of rotatable bonds is 5. The Morgan fingerprint density at radius 2 is 1.86 bits per heavy atom. The summed E-state index contributed by atoms with van der Waals surface area (Å²) in [7, 11) is 0. The molecule has 2 nitrogen and oxygen atoms in total. The normalized spacial score (nSPS) is 10.8. The van der Waals surface area contributed by atoms with Crippen LogP contribution in [-0.4, -0.2) is 10.9 Å². The number of phenols is 1. The van der Waals surface area contributed by atoms with Gasteiger partial charge in [-0.15, -0.1) is 0 Å². The lowest BCUT2D eigenvalue weighted by Crippen LogP contribution is -1.96. The Hall–Kier alpha value is -2.61. The SMILES string of the molecule is C=C(C)c1ccc(C=CC(=O)c2cc(CC)ccc2O)cc1. The second-order valence-electron chi connectivity index (χ2n) is 5.30. The van der Waals surface area contributed by atoms with E-state index in [0.29, 0.717) is 5.56 Å². The first kappa shape index (κ1) is 15.8. The van der Waals surface area contributed by atoms with E-state index in [2.05, 4.69) is 6.58 Å². The number of ketones is 1. The molecule has 0 amide bonds. The molecule has 0 radical (unpaired) electrons. The second kappa shape index (κ2) is 6.90. The van der Waals surface area contributed by atoms with Crippen molar-refractivity contribution in [1.29, 1.82) is 0 Å². The van der Waals surface area contributed by atoms with E-state index in [4.69, 9.17) is 0 Å². The van der Waals surface area contributed by atoms with Crippen molar-refractivity contribution in [3.63, 3.8) is 0 Å². The molecule has 0 aliphatic rings. The lowest BCUT2D eigenvalue weighted by molar-refractivity contribution is 0.104.